The minimum atomic E-state index is 0.523. The maximum absolute atomic E-state index is 5.45. The van der Waals surface area contributed by atoms with Crippen molar-refractivity contribution >= 4 is 0 Å². The Morgan fingerprint density at radius 3 is 2.74 bits per heavy atom. The van der Waals surface area contributed by atoms with Gasteiger partial charge in [0, 0.05) is 37.0 Å². The van der Waals surface area contributed by atoms with Crippen molar-refractivity contribution in [1.29, 1.82) is 0 Å². The number of ether oxygens (including phenoxy) is 2. The van der Waals surface area contributed by atoms with Crippen LogP contribution in [-0.2, 0) is 0 Å². The van der Waals surface area contributed by atoms with Gasteiger partial charge >= 0.3 is 0 Å². The molecule has 1 N–H and O–H groups in total. The molecule has 0 radical (unpaired) electrons. The van der Waals surface area contributed by atoms with E-state index in [4.69, 9.17) is 9.47 Å². The van der Waals surface area contributed by atoms with E-state index in [2.05, 4.69) is 14.9 Å². The Balaban J connectivity index is 2.03. The van der Waals surface area contributed by atoms with Crippen LogP contribution in [0.5, 0.6) is 11.5 Å². The van der Waals surface area contributed by atoms with Crippen molar-refractivity contribution in [3.8, 4) is 17.2 Å². The lowest BCUT2D eigenvalue weighted by Crippen LogP contribution is -2.40. The number of benzene rings is 1. The Kier molecular flexibility index (Phi) is 3.13. The molecule has 1 aromatic carbocycles. The van der Waals surface area contributed by atoms with Crippen LogP contribution in [0.4, 0.5) is 0 Å². The fourth-order valence-corrected chi connectivity index (χ4v) is 2.29. The number of nitrogens with zero attached hydrogens (tertiary/aromatic N) is 2. The second-order valence-electron chi connectivity index (χ2n) is 4.58. The molecular weight excluding hydrogens is 242 g/mol. The number of aromatic nitrogens is 2. The highest BCUT2D eigenvalue weighted by atomic mass is 16.5. The van der Waals surface area contributed by atoms with E-state index in [-0.39, 0.29) is 0 Å². The van der Waals surface area contributed by atoms with Crippen molar-refractivity contribution < 1.29 is 9.47 Å². The minimum Gasteiger partial charge on any atom is -0.497 e. The van der Waals surface area contributed by atoms with Crippen molar-refractivity contribution in [1.82, 2.24) is 14.9 Å². The van der Waals surface area contributed by atoms with Gasteiger partial charge in [0.25, 0.3) is 0 Å². The van der Waals surface area contributed by atoms with Gasteiger partial charge in [-0.25, -0.2) is 4.98 Å². The summed E-state index contributed by atoms with van der Waals surface area (Å²) < 4.78 is 12.8. The summed E-state index contributed by atoms with van der Waals surface area (Å²) in [6.45, 7) is 2.01. The number of nitrogens with one attached hydrogen (secondary N) is 1. The predicted molar refractivity (Wildman–Crippen MR) is 72.3 cm³/mol. The Hall–Kier alpha value is -2.01. The second kappa shape index (κ2) is 4.93. The molecule has 5 heteroatoms. The average Bonchev–Trinajstić information content (AvgIpc) is 2.84. The molecule has 1 aromatic heterocycles. The van der Waals surface area contributed by atoms with Crippen LogP contribution in [-0.4, -0.2) is 36.9 Å². The second-order valence-corrected chi connectivity index (χ2v) is 4.58. The van der Waals surface area contributed by atoms with Crippen LogP contribution in [0.15, 0.2) is 30.7 Å². The van der Waals surface area contributed by atoms with E-state index >= 15 is 0 Å². The molecule has 1 aliphatic rings. The molecule has 3 rings (SSSR count). The number of hydrogen-bond acceptors (Lipinski definition) is 4. The molecule has 0 bridgehead atoms. The molecule has 2 heterocycles. The summed E-state index contributed by atoms with van der Waals surface area (Å²) in [6, 6.07) is 5.81. The molecule has 1 fully saturated rings. The van der Waals surface area contributed by atoms with Crippen LogP contribution in [0.3, 0.4) is 0 Å². The van der Waals surface area contributed by atoms with Gasteiger partial charge in [0.15, 0.2) is 0 Å². The van der Waals surface area contributed by atoms with E-state index in [1.54, 1.807) is 14.2 Å². The molecule has 100 valence electrons. The van der Waals surface area contributed by atoms with Crippen LogP contribution in [0.2, 0.25) is 0 Å². The number of rotatable bonds is 4. The molecular formula is C14H17N3O2. The van der Waals surface area contributed by atoms with Crippen LogP contribution < -0.4 is 14.8 Å². The van der Waals surface area contributed by atoms with E-state index in [0.717, 1.165) is 30.3 Å². The highest BCUT2D eigenvalue weighted by molar-refractivity contribution is 5.52. The third kappa shape index (κ3) is 2.06. The fraction of sp³-hybridized carbons (Fsp3) is 0.357. The summed E-state index contributed by atoms with van der Waals surface area (Å²) in [5.41, 5.74) is 2.20. The first kappa shape index (κ1) is 12.0. The van der Waals surface area contributed by atoms with E-state index in [9.17, 15) is 0 Å². The van der Waals surface area contributed by atoms with Gasteiger partial charge < -0.3 is 14.8 Å². The molecule has 0 unspecified atom stereocenters. The Morgan fingerprint density at radius 2 is 2.11 bits per heavy atom. The van der Waals surface area contributed by atoms with Gasteiger partial charge in [0.2, 0.25) is 0 Å². The van der Waals surface area contributed by atoms with Gasteiger partial charge in [-0.2, -0.15) is 0 Å². The van der Waals surface area contributed by atoms with Gasteiger partial charge in [-0.3, -0.25) is 4.57 Å². The maximum atomic E-state index is 5.45. The molecule has 0 saturated carbocycles. The molecule has 1 aliphatic heterocycles. The number of methoxy groups -OCH3 is 2. The first-order chi connectivity index (χ1) is 9.33. The summed E-state index contributed by atoms with van der Waals surface area (Å²) in [7, 11) is 3.32. The predicted octanol–water partition coefficient (Wildman–Crippen LogP) is 1.58. The molecule has 0 atom stereocenters. The van der Waals surface area contributed by atoms with Crippen LogP contribution in [0.25, 0.3) is 5.69 Å². The lowest BCUT2D eigenvalue weighted by molar-refractivity contribution is 0.391. The Bertz CT molecular complexity index is 576. The first-order valence-corrected chi connectivity index (χ1v) is 6.29. The zero-order valence-electron chi connectivity index (χ0n) is 11.1. The monoisotopic (exact) mass is 259 g/mol. The smallest absolute Gasteiger partial charge is 0.146 e. The van der Waals surface area contributed by atoms with E-state index < -0.39 is 0 Å². The van der Waals surface area contributed by atoms with Crippen LogP contribution in [0, 0.1) is 0 Å². The van der Waals surface area contributed by atoms with Crippen molar-refractivity contribution in [3.63, 3.8) is 0 Å². The number of imidazole rings is 1. The van der Waals surface area contributed by atoms with Gasteiger partial charge in [0.1, 0.15) is 11.5 Å². The fourth-order valence-electron chi connectivity index (χ4n) is 2.29. The Labute approximate surface area is 112 Å². The third-order valence-corrected chi connectivity index (χ3v) is 3.51. The quantitative estimate of drug-likeness (QED) is 0.905. The van der Waals surface area contributed by atoms with Gasteiger partial charge in [-0.1, -0.05) is 0 Å². The van der Waals surface area contributed by atoms with E-state index in [1.165, 1.54) is 5.69 Å². The van der Waals surface area contributed by atoms with Crippen molar-refractivity contribution in [2.75, 3.05) is 27.3 Å². The lowest BCUT2D eigenvalue weighted by Gasteiger charge is -2.28. The van der Waals surface area contributed by atoms with Gasteiger partial charge in [0.05, 0.1) is 26.2 Å². The zero-order chi connectivity index (χ0) is 13.2. The van der Waals surface area contributed by atoms with Gasteiger partial charge in [-0.15, -0.1) is 0 Å². The standard InChI is InChI=1S/C14H17N3O2/c1-18-11-3-4-12(14(5-11)19-2)17-9-16-8-13(17)10-6-15-7-10/h3-5,8-10,15H,6-7H2,1-2H3. The summed E-state index contributed by atoms with van der Waals surface area (Å²) in [5.74, 6) is 2.09. The summed E-state index contributed by atoms with van der Waals surface area (Å²) in [4.78, 5) is 4.27. The minimum absolute atomic E-state index is 0.523. The van der Waals surface area contributed by atoms with Crippen LogP contribution >= 0.6 is 0 Å². The zero-order valence-corrected chi connectivity index (χ0v) is 11.1. The summed E-state index contributed by atoms with van der Waals surface area (Å²) in [6.07, 6.45) is 3.76. The third-order valence-electron chi connectivity index (χ3n) is 3.51. The van der Waals surface area contributed by atoms with Crippen molar-refractivity contribution in [2.45, 2.75) is 5.92 Å². The van der Waals surface area contributed by atoms with Crippen molar-refractivity contribution in [2.24, 2.45) is 0 Å². The van der Waals surface area contributed by atoms with Gasteiger partial charge in [-0.05, 0) is 12.1 Å². The molecule has 5 nitrogen and oxygen atoms in total. The van der Waals surface area contributed by atoms with Crippen molar-refractivity contribution in [3.05, 3.63) is 36.4 Å². The first-order valence-electron chi connectivity index (χ1n) is 6.29. The van der Waals surface area contributed by atoms with E-state index in [0.29, 0.717) is 5.92 Å². The highest BCUT2D eigenvalue weighted by Crippen LogP contribution is 2.31. The summed E-state index contributed by atoms with van der Waals surface area (Å²) in [5, 5.41) is 3.28. The molecule has 1 saturated heterocycles. The Morgan fingerprint density at radius 1 is 1.26 bits per heavy atom. The topological polar surface area (TPSA) is 48.3 Å². The summed E-state index contributed by atoms with van der Waals surface area (Å²) >= 11 is 0. The largest absolute Gasteiger partial charge is 0.497 e. The molecule has 0 aliphatic carbocycles. The SMILES string of the molecule is COc1ccc(-n2cncc2C2CNC2)c(OC)c1. The highest BCUT2D eigenvalue weighted by Gasteiger charge is 2.23. The molecule has 2 aromatic rings. The number of hydrogen-bond donors (Lipinski definition) is 1. The lowest BCUT2D eigenvalue weighted by atomic mass is 10.00. The van der Waals surface area contributed by atoms with E-state index in [1.807, 2.05) is 30.7 Å². The molecule has 0 spiro atoms. The maximum Gasteiger partial charge on any atom is 0.146 e. The average molecular weight is 259 g/mol. The normalized spacial score (nSPS) is 15.1. The van der Waals surface area contributed by atoms with Crippen LogP contribution in [0.1, 0.15) is 11.6 Å². The molecule has 19 heavy (non-hydrogen) atoms. The molecule has 0 amide bonds.